The molecule has 0 saturated carbocycles. The van der Waals surface area contributed by atoms with Gasteiger partial charge in [0.2, 0.25) is 0 Å². The Morgan fingerprint density at radius 1 is 1.35 bits per heavy atom. The third kappa shape index (κ3) is 2.23. The van der Waals surface area contributed by atoms with E-state index < -0.39 is 0 Å². The van der Waals surface area contributed by atoms with Gasteiger partial charge in [0, 0.05) is 6.20 Å². The number of halogens is 1. The molecule has 2 atom stereocenters. The van der Waals surface area contributed by atoms with Gasteiger partial charge in [-0.05, 0) is 23.6 Å². The molecule has 3 rings (SSSR count). The molecule has 1 aliphatic rings. The van der Waals surface area contributed by atoms with Crippen molar-refractivity contribution < 1.29 is 9.90 Å². The van der Waals surface area contributed by atoms with E-state index in [-0.39, 0.29) is 28.6 Å². The van der Waals surface area contributed by atoms with Crippen LogP contribution in [-0.2, 0) is 6.42 Å². The lowest BCUT2D eigenvalue weighted by Crippen LogP contribution is -2.31. The number of benzene rings is 1. The van der Waals surface area contributed by atoms with E-state index in [1.807, 2.05) is 24.3 Å². The third-order valence-electron chi connectivity index (χ3n) is 3.50. The highest BCUT2D eigenvalue weighted by Gasteiger charge is 2.32. The van der Waals surface area contributed by atoms with Crippen molar-refractivity contribution in [3.8, 4) is 5.75 Å². The Bertz CT molecular complexity index is 660. The highest BCUT2D eigenvalue weighted by atomic mass is 35.5. The normalized spacial score (nSPS) is 20.4. The number of aromatic nitrogens is 1. The van der Waals surface area contributed by atoms with Crippen molar-refractivity contribution in [1.29, 1.82) is 0 Å². The van der Waals surface area contributed by atoms with Crippen LogP contribution < -0.4 is 5.32 Å². The second-order valence-electron chi connectivity index (χ2n) is 4.76. The Hall–Kier alpha value is -2.07. The molecule has 1 amide bonds. The maximum atomic E-state index is 12.2. The van der Waals surface area contributed by atoms with Crippen LogP contribution in [0.2, 0.25) is 0 Å². The van der Waals surface area contributed by atoms with Gasteiger partial charge in [-0.2, -0.15) is 0 Å². The van der Waals surface area contributed by atoms with Crippen LogP contribution in [-0.4, -0.2) is 21.4 Å². The molecule has 102 valence electrons. The number of alkyl halides is 1. The summed E-state index contributed by atoms with van der Waals surface area (Å²) in [5, 5.41) is 12.4. The Kier molecular flexibility index (Phi) is 3.32. The van der Waals surface area contributed by atoms with Crippen molar-refractivity contribution in [3.63, 3.8) is 0 Å². The molecule has 1 heterocycles. The highest BCUT2D eigenvalue weighted by molar-refractivity contribution is 6.21. The maximum absolute atomic E-state index is 12.2. The van der Waals surface area contributed by atoms with E-state index in [0.29, 0.717) is 0 Å². The number of hydrogen-bond donors (Lipinski definition) is 2. The number of aromatic hydroxyl groups is 1. The molecule has 2 unspecified atom stereocenters. The summed E-state index contributed by atoms with van der Waals surface area (Å²) in [6, 6.07) is 9.11. The van der Waals surface area contributed by atoms with Crippen LogP contribution in [0.5, 0.6) is 5.75 Å². The molecular weight excluding hydrogens is 276 g/mol. The van der Waals surface area contributed by atoms with Gasteiger partial charge in [-0.25, -0.2) is 0 Å². The second kappa shape index (κ2) is 5.13. The first-order valence-electron chi connectivity index (χ1n) is 6.32. The highest BCUT2D eigenvalue weighted by Crippen LogP contribution is 2.35. The largest absolute Gasteiger partial charge is 0.505 e. The smallest absolute Gasteiger partial charge is 0.255 e. The van der Waals surface area contributed by atoms with Crippen LogP contribution in [0.1, 0.15) is 27.5 Å². The van der Waals surface area contributed by atoms with Crippen molar-refractivity contribution in [2.75, 3.05) is 0 Å². The molecule has 1 aliphatic carbocycles. The van der Waals surface area contributed by atoms with Gasteiger partial charge in [0.25, 0.3) is 5.91 Å². The van der Waals surface area contributed by atoms with Crippen molar-refractivity contribution in [3.05, 3.63) is 59.4 Å². The Morgan fingerprint density at radius 3 is 2.95 bits per heavy atom. The van der Waals surface area contributed by atoms with Crippen LogP contribution in [0.15, 0.2) is 42.7 Å². The fourth-order valence-corrected chi connectivity index (χ4v) is 2.88. The molecule has 1 aromatic carbocycles. The topological polar surface area (TPSA) is 62.2 Å². The predicted molar refractivity (Wildman–Crippen MR) is 75.9 cm³/mol. The van der Waals surface area contributed by atoms with E-state index in [1.165, 1.54) is 18.5 Å². The zero-order valence-electron chi connectivity index (χ0n) is 10.6. The lowest BCUT2D eigenvalue weighted by molar-refractivity contribution is 0.0934. The summed E-state index contributed by atoms with van der Waals surface area (Å²) in [4.78, 5) is 16.0. The van der Waals surface area contributed by atoms with Crippen molar-refractivity contribution in [2.45, 2.75) is 17.8 Å². The minimum atomic E-state index is -0.350. The first-order chi connectivity index (χ1) is 9.66. The van der Waals surface area contributed by atoms with Gasteiger partial charge in [0.1, 0.15) is 5.75 Å². The molecule has 2 aromatic rings. The maximum Gasteiger partial charge on any atom is 0.255 e. The Labute approximate surface area is 121 Å². The van der Waals surface area contributed by atoms with Crippen LogP contribution >= 0.6 is 11.6 Å². The number of fused-ring (bicyclic) bond motifs is 1. The van der Waals surface area contributed by atoms with Crippen molar-refractivity contribution in [2.24, 2.45) is 0 Å². The Balaban J connectivity index is 1.85. The van der Waals surface area contributed by atoms with Gasteiger partial charge in [-0.15, -0.1) is 11.6 Å². The zero-order valence-corrected chi connectivity index (χ0v) is 11.3. The monoisotopic (exact) mass is 288 g/mol. The number of pyridine rings is 1. The summed E-state index contributed by atoms with van der Waals surface area (Å²) in [7, 11) is 0. The number of rotatable bonds is 2. The molecule has 2 N–H and O–H groups in total. The standard InChI is InChI=1S/C15H13ClN2O2/c16-12-7-9-3-1-2-4-10(9)14(12)18-15(20)11-5-6-17-8-13(11)19/h1-6,8,12,14,19H,7H2,(H,18,20). The number of nitrogens with one attached hydrogen (secondary N) is 1. The molecule has 0 bridgehead atoms. The quantitative estimate of drug-likeness (QED) is 0.834. The van der Waals surface area contributed by atoms with Crippen LogP contribution in [0.4, 0.5) is 0 Å². The van der Waals surface area contributed by atoms with E-state index in [2.05, 4.69) is 10.3 Å². The van der Waals surface area contributed by atoms with Gasteiger partial charge in [-0.1, -0.05) is 24.3 Å². The summed E-state index contributed by atoms with van der Waals surface area (Å²) in [6.07, 6.45) is 3.44. The summed E-state index contributed by atoms with van der Waals surface area (Å²) in [5.74, 6) is -0.486. The number of carbonyl (C=O) groups is 1. The second-order valence-corrected chi connectivity index (χ2v) is 5.32. The fraction of sp³-hybridized carbons (Fsp3) is 0.200. The van der Waals surface area contributed by atoms with E-state index >= 15 is 0 Å². The fourth-order valence-electron chi connectivity index (χ4n) is 2.51. The van der Waals surface area contributed by atoms with E-state index in [1.54, 1.807) is 0 Å². The lowest BCUT2D eigenvalue weighted by atomic mass is 10.1. The van der Waals surface area contributed by atoms with Gasteiger partial charge in [-0.3, -0.25) is 9.78 Å². The molecule has 0 saturated heterocycles. The van der Waals surface area contributed by atoms with Crippen LogP contribution in [0.25, 0.3) is 0 Å². The molecule has 20 heavy (non-hydrogen) atoms. The lowest BCUT2D eigenvalue weighted by Gasteiger charge is -2.17. The third-order valence-corrected chi connectivity index (χ3v) is 3.90. The number of amides is 1. The van der Waals surface area contributed by atoms with E-state index in [0.717, 1.165) is 17.5 Å². The molecule has 0 fully saturated rings. The summed E-state index contributed by atoms with van der Waals surface area (Å²) >= 11 is 6.33. The molecule has 0 spiro atoms. The van der Waals surface area contributed by atoms with Crippen LogP contribution in [0, 0.1) is 0 Å². The van der Waals surface area contributed by atoms with Gasteiger partial charge < -0.3 is 10.4 Å². The molecule has 1 aromatic heterocycles. The average Bonchev–Trinajstić information content (AvgIpc) is 2.76. The zero-order chi connectivity index (χ0) is 14.1. The van der Waals surface area contributed by atoms with E-state index in [9.17, 15) is 9.90 Å². The number of nitrogens with zero attached hydrogens (tertiary/aromatic N) is 1. The summed E-state index contributed by atoms with van der Waals surface area (Å²) in [6.45, 7) is 0. The van der Waals surface area contributed by atoms with E-state index in [4.69, 9.17) is 11.6 Å². The van der Waals surface area contributed by atoms with Crippen LogP contribution in [0.3, 0.4) is 0 Å². The molecule has 0 aliphatic heterocycles. The minimum absolute atomic E-state index is 0.137. The minimum Gasteiger partial charge on any atom is -0.505 e. The molecule has 5 heteroatoms. The summed E-state index contributed by atoms with van der Waals surface area (Å²) in [5.41, 5.74) is 2.39. The van der Waals surface area contributed by atoms with Gasteiger partial charge in [0.15, 0.2) is 0 Å². The molecule has 0 radical (unpaired) electrons. The SMILES string of the molecule is O=C(NC1c2ccccc2CC1Cl)c1ccncc1O. The first kappa shape index (κ1) is 12.9. The van der Waals surface area contributed by atoms with Gasteiger partial charge in [0.05, 0.1) is 23.2 Å². The molecule has 4 nitrogen and oxygen atoms in total. The Morgan fingerprint density at radius 2 is 2.15 bits per heavy atom. The van der Waals surface area contributed by atoms with Crippen molar-refractivity contribution in [1.82, 2.24) is 10.3 Å². The summed E-state index contributed by atoms with van der Waals surface area (Å²) < 4.78 is 0. The van der Waals surface area contributed by atoms with Crippen molar-refractivity contribution >= 4 is 17.5 Å². The van der Waals surface area contributed by atoms with Gasteiger partial charge >= 0.3 is 0 Å². The first-order valence-corrected chi connectivity index (χ1v) is 6.76. The average molecular weight is 289 g/mol. The molecular formula is C15H13ClN2O2. The predicted octanol–water partition coefficient (Wildman–Crippen LogP) is 2.42. The number of hydrogen-bond acceptors (Lipinski definition) is 3. The number of carbonyl (C=O) groups excluding carboxylic acids is 1.